The Hall–Kier alpha value is -2.74. The number of hydrogen-bond donors (Lipinski definition) is 1. The van der Waals surface area contributed by atoms with Crippen molar-refractivity contribution in [3.63, 3.8) is 0 Å². The summed E-state index contributed by atoms with van der Waals surface area (Å²) in [5.74, 6) is -0.731. The van der Waals surface area contributed by atoms with Crippen LogP contribution in [0.4, 0.5) is 4.39 Å². The first-order chi connectivity index (χ1) is 12.0. The van der Waals surface area contributed by atoms with Crippen LogP contribution >= 0.6 is 11.6 Å². The van der Waals surface area contributed by atoms with Crippen molar-refractivity contribution >= 4 is 17.5 Å². The normalized spacial score (nSPS) is 12.2. The summed E-state index contributed by atoms with van der Waals surface area (Å²) in [6, 6.07) is 4.01. The molecular weight excluding hydrogens is 349 g/mol. The van der Waals surface area contributed by atoms with Gasteiger partial charge in [-0.05, 0) is 26.0 Å². The van der Waals surface area contributed by atoms with Gasteiger partial charge in [0, 0.05) is 6.04 Å². The molecule has 0 radical (unpaired) electrons. The molecule has 3 rings (SSSR count). The summed E-state index contributed by atoms with van der Waals surface area (Å²) in [7, 11) is 0. The van der Waals surface area contributed by atoms with E-state index in [1.165, 1.54) is 24.5 Å². The van der Waals surface area contributed by atoms with E-state index in [0.717, 1.165) is 0 Å². The van der Waals surface area contributed by atoms with Crippen molar-refractivity contribution in [3.8, 4) is 11.3 Å². The van der Waals surface area contributed by atoms with E-state index in [9.17, 15) is 9.18 Å². The van der Waals surface area contributed by atoms with Crippen molar-refractivity contribution in [2.75, 3.05) is 0 Å². The Kier molecular flexibility index (Phi) is 4.80. The van der Waals surface area contributed by atoms with E-state index in [-0.39, 0.29) is 33.6 Å². The third kappa shape index (κ3) is 3.53. The first-order valence-corrected chi connectivity index (χ1v) is 7.89. The minimum atomic E-state index is -0.578. The maximum atomic E-state index is 14.2. The minimum Gasteiger partial charge on any atom is -0.360 e. The largest absolute Gasteiger partial charge is 0.360 e. The van der Waals surface area contributed by atoms with Crippen molar-refractivity contribution < 1.29 is 13.7 Å². The van der Waals surface area contributed by atoms with Crippen LogP contribution in [0.3, 0.4) is 0 Å². The van der Waals surface area contributed by atoms with Crippen LogP contribution in [0.15, 0.2) is 35.4 Å². The molecule has 0 bridgehead atoms. The van der Waals surface area contributed by atoms with Crippen molar-refractivity contribution in [2.24, 2.45) is 0 Å². The van der Waals surface area contributed by atoms with E-state index in [1.807, 2.05) is 6.92 Å². The topological polar surface area (TPSA) is 85.8 Å². The van der Waals surface area contributed by atoms with Gasteiger partial charge < -0.3 is 9.84 Å². The zero-order valence-electron chi connectivity index (χ0n) is 13.5. The number of halogens is 2. The van der Waals surface area contributed by atoms with E-state index in [2.05, 4.69) is 20.6 Å². The molecule has 0 aliphatic carbocycles. The lowest BCUT2D eigenvalue weighted by atomic mass is 10.0. The van der Waals surface area contributed by atoms with Crippen LogP contribution in [0.25, 0.3) is 11.3 Å². The Balaban J connectivity index is 1.87. The molecule has 0 unspecified atom stereocenters. The van der Waals surface area contributed by atoms with E-state index < -0.39 is 11.7 Å². The fraction of sp³-hybridized carbons (Fsp3) is 0.250. The number of benzene rings is 1. The second-order valence-corrected chi connectivity index (χ2v) is 5.96. The van der Waals surface area contributed by atoms with Crippen molar-refractivity contribution in [1.82, 2.24) is 25.2 Å². The van der Waals surface area contributed by atoms with Gasteiger partial charge in [0.25, 0.3) is 5.91 Å². The molecule has 1 amide bonds. The van der Waals surface area contributed by atoms with E-state index in [4.69, 9.17) is 16.1 Å². The third-order valence-corrected chi connectivity index (χ3v) is 3.91. The zero-order valence-corrected chi connectivity index (χ0v) is 14.3. The molecule has 7 nitrogen and oxygen atoms in total. The molecule has 0 spiro atoms. The fourth-order valence-electron chi connectivity index (χ4n) is 2.48. The van der Waals surface area contributed by atoms with Gasteiger partial charge in [0.2, 0.25) is 0 Å². The highest BCUT2D eigenvalue weighted by Crippen LogP contribution is 2.33. The maximum absolute atomic E-state index is 14.2. The van der Waals surface area contributed by atoms with Gasteiger partial charge in [-0.3, -0.25) is 9.48 Å². The average Bonchev–Trinajstić information content (AvgIpc) is 3.17. The summed E-state index contributed by atoms with van der Waals surface area (Å²) in [5, 5.41) is 10.8. The third-order valence-electron chi connectivity index (χ3n) is 3.59. The lowest BCUT2D eigenvalue weighted by Crippen LogP contribution is -2.36. The van der Waals surface area contributed by atoms with E-state index in [0.29, 0.717) is 6.54 Å². The van der Waals surface area contributed by atoms with Gasteiger partial charge in [-0.1, -0.05) is 22.8 Å². The smallest absolute Gasteiger partial charge is 0.257 e. The fourth-order valence-corrected chi connectivity index (χ4v) is 2.74. The number of aryl methyl sites for hydroxylation is 1. The average molecular weight is 364 g/mol. The van der Waals surface area contributed by atoms with E-state index in [1.54, 1.807) is 17.9 Å². The molecule has 9 heteroatoms. The summed E-state index contributed by atoms with van der Waals surface area (Å²) in [5.41, 5.74) is 0.263. The molecular formula is C16H15ClFN5O2. The van der Waals surface area contributed by atoms with Crippen LogP contribution in [0, 0.1) is 12.7 Å². The van der Waals surface area contributed by atoms with Gasteiger partial charge in [0.15, 0.2) is 0 Å². The van der Waals surface area contributed by atoms with Crippen LogP contribution in [-0.2, 0) is 6.54 Å². The molecule has 0 saturated carbocycles. The van der Waals surface area contributed by atoms with Crippen LogP contribution < -0.4 is 5.32 Å². The lowest BCUT2D eigenvalue weighted by molar-refractivity contribution is 0.0935. The standard InChI is InChI=1S/C16H15ClFN5O2/c1-9(6-23-8-19-7-20-23)21-16(24)13-10(2)25-22-15(13)14-11(17)4-3-5-12(14)18/h3-5,7-9H,6H2,1-2H3,(H,21,24)/t9-/m1/s1. The predicted octanol–water partition coefficient (Wildman–Crippen LogP) is 2.85. The van der Waals surface area contributed by atoms with Gasteiger partial charge in [-0.15, -0.1) is 0 Å². The summed E-state index contributed by atoms with van der Waals surface area (Å²) < 4.78 is 20.9. The molecule has 2 heterocycles. The molecule has 0 fully saturated rings. The SMILES string of the molecule is Cc1onc(-c2c(F)cccc2Cl)c1C(=O)N[C@H](C)Cn1cncn1. The maximum Gasteiger partial charge on any atom is 0.257 e. The molecule has 0 aliphatic heterocycles. The Morgan fingerprint density at radius 3 is 2.96 bits per heavy atom. The van der Waals surface area contributed by atoms with Gasteiger partial charge in [-0.25, -0.2) is 9.37 Å². The van der Waals surface area contributed by atoms with Crippen LogP contribution in [-0.4, -0.2) is 31.9 Å². The number of carbonyl (C=O) groups is 1. The number of hydrogen-bond acceptors (Lipinski definition) is 5. The van der Waals surface area contributed by atoms with Crippen molar-refractivity contribution in [1.29, 1.82) is 0 Å². The minimum absolute atomic E-state index is 0.0371. The Bertz CT molecular complexity index is 874. The molecule has 0 aliphatic rings. The van der Waals surface area contributed by atoms with Crippen molar-refractivity contribution in [3.05, 3.63) is 53.0 Å². The van der Waals surface area contributed by atoms with Gasteiger partial charge >= 0.3 is 0 Å². The number of carbonyl (C=O) groups excluding carboxylic acids is 1. The molecule has 1 atom stereocenters. The predicted molar refractivity (Wildman–Crippen MR) is 88.6 cm³/mol. The molecule has 130 valence electrons. The highest BCUT2D eigenvalue weighted by atomic mass is 35.5. The molecule has 0 saturated heterocycles. The molecule has 25 heavy (non-hydrogen) atoms. The van der Waals surface area contributed by atoms with E-state index >= 15 is 0 Å². The first kappa shape index (κ1) is 17.1. The number of amides is 1. The summed E-state index contributed by atoms with van der Waals surface area (Å²) in [6.07, 6.45) is 2.97. The Labute approximate surface area is 147 Å². The van der Waals surface area contributed by atoms with Crippen LogP contribution in [0.5, 0.6) is 0 Å². The Morgan fingerprint density at radius 1 is 1.48 bits per heavy atom. The van der Waals surface area contributed by atoms with Crippen molar-refractivity contribution in [2.45, 2.75) is 26.4 Å². The van der Waals surface area contributed by atoms with Gasteiger partial charge in [-0.2, -0.15) is 5.10 Å². The molecule has 1 N–H and O–H groups in total. The van der Waals surface area contributed by atoms with Crippen LogP contribution in [0.1, 0.15) is 23.0 Å². The second-order valence-electron chi connectivity index (χ2n) is 5.55. The zero-order chi connectivity index (χ0) is 18.0. The molecule has 1 aromatic carbocycles. The first-order valence-electron chi connectivity index (χ1n) is 7.51. The van der Waals surface area contributed by atoms with Crippen LogP contribution in [0.2, 0.25) is 5.02 Å². The van der Waals surface area contributed by atoms with Gasteiger partial charge in [0.1, 0.15) is 35.5 Å². The second kappa shape index (κ2) is 7.02. The monoisotopic (exact) mass is 363 g/mol. The summed E-state index contributed by atoms with van der Waals surface area (Å²) >= 11 is 6.08. The number of aromatic nitrogens is 4. The highest BCUT2D eigenvalue weighted by molar-refractivity contribution is 6.33. The number of nitrogens with one attached hydrogen (secondary N) is 1. The van der Waals surface area contributed by atoms with Gasteiger partial charge in [0.05, 0.1) is 17.1 Å². The summed E-state index contributed by atoms with van der Waals surface area (Å²) in [4.78, 5) is 16.5. The summed E-state index contributed by atoms with van der Waals surface area (Å²) in [6.45, 7) is 3.84. The quantitative estimate of drug-likeness (QED) is 0.753. The molecule has 3 aromatic rings. The Morgan fingerprint density at radius 2 is 2.28 bits per heavy atom. The highest BCUT2D eigenvalue weighted by Gasteiger charge is 2.26. The number of nitrogens with zero attached hydrogens (tertiary/aromatic N) is 4. The lowest BCUT2D eigenvalue weighted by Gasteiger charge is -2.14. The molecule has 2 aromatic heterocycles. The number of rotatable bonds is 5.